The van der Waals surface area contributed by atoms with E-state index in [4.69, 9.17) is 0 Å². The summed E-state index contributed by atoms with van der Waals surface area (Å²) in [5.74, 6) is 0.284. The molecule has 3 rings (SSSR count). The Morgan fingerprint density at radius 2 is 1.92 bits per heavy atom. The van der Waals surface area contributed by atoms with E-state index in [-0.39, 0.29) is 29.1 Å². The molecule has 0 bridgehead atoms. The van der Waals surface area contributed by atoms with E-state index in [0.29, 0.717) is 18.1 Å². The van der Waals surface area contributed by atoms with Crippen LogP contribution in [-0.4, -0.2) is 48.9 Å². The minimum absolute atomic E-state index is 0.0891. The quantitative estimate of drug-likeness (QED) is 0.880. The Balaban J connectivity index is 1.77. The first-order chi connectivity index (χ1) is 12.2. The molecule has 8 heteroatoms. The van der Waals surface area contributed by atoms with Crippen LogP contribution < -0.4 is 10.2 Å². The van der Waals surface area contributed by atoms with E-state index in [0.717, 1.165) is 11.1 Å². The van der Waals surface area contributed by atoms with Gasteiger partial charge in [0.05, 0.1) is 11.5 Å². The van der Waals surface area contributed by atoms with E-state index in [1.807, 2.05) is 32.0 Å². The van der Waals surface area contributed by atoms with Crippen molar-refractivity contribution < 1.29 is 13.2 Å². The Kier molecular flexibility index (Phi) is 4.95. The van der Waals surface area contributed by atoms with Crippen molar-refractivity contribution in [2.45, 2.75) is 26.3 Å². The Hall–Kier alpha value is -2.48. The van der Waals surface area contributed by atoms with Crippen molar-refractivity contribution in [3.05, 3.63) is 47.3 Å². The summed E-state index contributed by atoms with van der Waals surface area (Å²) >= 11 is 0. The smallest absolute Gasteiger partial charge is 0.274 e. The Bertz CT molecular complexity index is 923. The molecule has 1 fully saturated rings. The van der Waals surface area contributed by atoms with Crippen LogP contribution in [-0.2, 0) is 9.84 Å². The number of carbonyl (C=O) groups excluding carboxylic acids is 1. The van der Waals surface area contributed by atoms with Gasteiger partial charge in [0.25, 0.3) is 5.91 Å². The van der Waals surface area contributed by atoms with Crippen molar-refractivity contribution >= 4 is 27.4 Å². The van der Waals surface area contributed by atoms with Gasteiger partial charge in [0, 0.05) is 25.0 Å². The number of nitrogens with zero attached hydrogens (tertiary/aromatic N) is 3. The summed E-state index contributed by atoms with van der Waals surface area (Å²) < 4.78 is 23.4. The van der Waals surface area contributed by atoms with Crippen LogP contribution in [0.5, 0.6) is 0 Å². The topological polar surface area (TPSA) is 92.3 Å². The summed E-state index contributed by atoms with van der Waals surface area (Å²) in [5.41, 5.74) is 3.07. The zero-order valence-electron chi connectivity index (χ0n) is 15.1. The molecule has 2 heterocycles. The molecule has 1 unspecified atom stereocenters. The average molecular weight is 374 g/mol. The monoisotopic (exact) mass is 374 g/mol. The van der Waals surface area contributed by atoms with Gasteiger partial charge in [-0.15, -0.1) is 0 Å². The van der Waals surface area contributed by atoms with Gasteiger partial charge in [0.1, 0.15) is 5.69 Å². The summed E-state index contributed by atoms with van der Waals surface area (Å²) in [6, 6.07) is 7.19. The number of hydrogen-bond donors (Lipinski definition) is 1. The second-order valence-corrected chi connectivity index (χ2v) is 8.97. The SMILES string of the molecule is Cc1cc(C)cc(NC(=O)c2ccnc(N(C)C3CCS(=O)(=O)C3)n2)c1. The van der Waals surface area contributed by atoms with Crippen LogP contribution in [0, 0.1) is 13.8 Å². The molecular weight excluding hydrogens is 352 g/mol. The number of aryl methyl sites for hydroxylation is 2. The van der Waals surface area contributed by atoms with Crippen LogP contribution in [0.25, 0.3) is 0 Å². The van der Waals surface area contributed by atoms with Crippen LogP contribution in [0.4, 0.5) is 11.6 Å². The highest BCUT2D eigenvalue weighted by Gasteiger charge is 2.31. The molecule has 1 aliphatic rings. The molecule has 26 heavy (non-hydrogen) atoms. The Labute approximate surface area is 153 Å². The minimum Gasteiger partial charge on any atom is -0.340 e. The van der Waals surface area contributed by atoms with Gasteiger partial charge in [0.15, 0.2) is 9.84 Å². The number of aromatic nitrogens is 2. The molecule has 1 atom stereocenters. The van der Waals surface area contributed by atoms with E-state index >= 15 is 0 Å². The predicted octanol–water partition coefficient (Wildman–Crippen LogP) is 1.97. The fourth-order valence-electron chi connectivity index (χ4n) is 3.13. The van der Waals surface area contributed by atoms with Crippen LogP contribution in [0.3, 0.4) is 0 Å². The molecule has 0 radical (unpaired) electrons. The van der Waals surface area contributed by atoms with E-state index < -0.39 is 9.84 Å². The maximum Gasteiger partial charge on any atom is 0.274 e. The lowest BCUT2D eigenvalue weighted by molar-refractivity contribution is 0.102. The number of benzene rings is 1. The number of rotatable bonds is 4. The van der Waals surface area contributed by atoms with E-state index in [2.05, 4.69) is 15.3 Å². The molecule has 0 spiro atoms. The highest BCUT2D eigenvalue weighted by atomic mass is 32.2. The molecule has 1 aliphatic heterocycles. The van der Waals surface area contributed by atoms with Crippen molar-refractivity contribution in [1.29, 1.82) is 0 Å². The molecule has 1 aromatic heterocycles. The first-order valence-electron chi connectivity index (χ1n) is 8.39. The fourth-order valence-corrected chi connectivity index (χ4v) is 4.91. The number of carbonyl (C=O) groups is 1. The number of amides is 1. The van der Waals surface area contributed by atoms with E-state index in [9.17, 15) is 13.2 Å². The van der Waals surface area contributed by atoms with Crippen LogP contribution in [0.2, 0.25) is 0 Å². The van der Waals surface area contributed by atoms with Crippen LogP contribution in [0.15, 0.2) is 30.5 Å². The Morgan fingerprint density at radius 3 is 2.54 bits per heavy atom. The lowest BCUT2D eigenvalue weighted by Crippen LogP contribution is -2.34. The van der Waals surface area contributed by atoms with Crippen molar-refractivity contribution in [3.8, 4) is 0 Å². The fraction of sp³-hybridized carbons (Fsp3) is 0.389. The second-order valence-electron chi connectivity index (χ2n) is 6.74. The standard InChI is InChI=1S/C18H22N4O3S/c1-12-8-13(2)10-14(9-12)20-17(23)16-4-6-19-18(21-16)22(3)15-5-7-26(24,25)11-15/h4,6,8-10,15H,5,7,11H2,1-3H3,(H,20,23). The molecule has 138 valence electrons. The molecule has 0 saturated carbocycles. The third kappa shape index (κ3) is 4.19. The van der Waals surface area contributed by atoms with Gasteiger partial charge in [-0.25, -0.2) is 18.4 Å². The third-order valence-corrected chi connectivity index (χ3v) is 6.18. The van der Waals surface area contributed by atoms with Gasteiger partial charge in [-0.2, -0.15) is 0 Å². The molecule has 2 aromatic rings. The van der Waals surface area contributed by atoms with Gasteiger partial charge in [-0.05, 0) is 49.6 Å². The van der Waals surface area contributed by atoms with Crippen LogP contribution in [0.1, 0.15) is 28.0 Å². The maximum atomic E-state index is 12.5. The van der Waals surface area contributed by atoms with Crippen molar-refractivity contribution in [3.63, 3.8) is 0 Å². The number of anilines is 2. The molecule has 1 N–H and O–H groups in total. The molecule has 1 amide bonds. The molecule has 1 saturated heterocycles. The summed E-state index contributed by atoms with van der Waals surface area (Å²) in [7, 11) is -1.24. The summed E-state index contributed by atoms with van der Waals surface area (Å²) in [4.78, 5) is 22.8. The highest BCUT2D eigenvalue weighted by Crippen LogP contribution is 2.20. The minimum atomic E-state index is -3.00. The largest absolute Gasteiger partial charge is 0.340 e. The van der Waals surface area contributed by atoms with Gasteiger partial charge in [0.2, 0.25) is 5.95 Å². The van der Waals surface area contributed by atoms with Crippen LogP contribution >= 0.6 is 0 Å². The van der Waals surface area contributed by atoms with Gasteiger partial charge >= 0.3 is 0 Å². The number of sulfone groups is 1. The summed E-state index contributed by atoms with van der Waals surface area (Å²) in [6.45, 7) is 3.94. The maximum absolute atomic E-state index is 12.5. The lowest BCUT2D eigenvalue weighted by atomic mass is 10.1. The lowest BCUT2D eigenvalue weighted by Gasteiger charge is -2.23. The zero-order chi connectivity index (χ0) is 18.9. The molecule has 0 aliphatic carbocycles. The van der Waals surface area contributed by atoms with E-state index in [1.54, 1.807) is 18.0 Å². The summed E-state index contributed by atoms with van der Waals surface area (Å²) in [5, 5.41) is 2.85. The highest BCUT2D eigenvalue weighted by molar-refractivity contribution is 7.91. The summed E-state index contributed by atoms with van der Waals surface area (Å²) in [6.07, 6.45) is 2.06. The molecular formula is C18H22N4O3S. The zero-order valence-corrected chi connectivity index (χ0v) is 15.9. The van der Waals surface area contributed by atoms with Gasteiger partial charge < -0.3 is 10.2 Å². The van der Waals surface area contributed by atoms with Crippen molar-refractivity contribution in [2.75, 3.05) is 28.8 Å². The number of hydrogen-bond acceptors (Lipinski definition) is 6. The third-order valence-electron chi connectivity index (χ3n) is 4.43. The number of nitrogens with one attached hydrogen (secondary N) is 1. The Morgan fingerprint density at radius 1 is 1.23 bits per heavy atom. The molecule has 7 nitrogen and oxygen atoms in total. The predicted molar refractivity (Wildman–Crippen MR) is 101 cm³/mol. The normalized spacial score (nSPS) is 18.5. The first kappa shape index (κ1) is 18.3. The first-order valence-corrected chi connectivity index (χ1v) is 10.2. The van der Waals surface area contributed by atoms with Gasteiger partial charge in [-0.1, -0.05) is 6.07 Å². The second kappa shape index (κ2) is 7.03. The van der Waals surface area contributed by atoms with Crippen molar-refractivity contribution in [2.24, 2.45) is 0 Å². The van der Waals surface area contributed by atoms with Gasteiger partial charge in [-0.3, -0.25) is 4.79 Å². The molecule has 1 aromatic carbocycles. The van der Waals surface area contributed by atoms with Crippen molar-refractivity contribution in [1.82, 2.24) is 9.97 Å². The average Bonchev–Trinajstić information content (AvgIpc) is 2.93. The van der Waals surface area contributed by atoms with E-state index in [1.165, 1.54) is 6.20 Å².